The van der Waals surface area contributed by atoms with E-state index in [0.717, 1.165) is 6.42 Å². The lowest BCUT2D eigenvalue weighted by molar-refractivity contribution is 0.393. The minimum atomic E-state index is -0.238. The molecule has 0 aliphatic heterocycles. The molecule has 0 aliphatic rings. The molecule has 2 aromatic carbocycles. The van der Waals surface area contributed by atoms with Gasteiger partial charge in [0.15, 0.2) is 0 Å². The van der Waals surface area contributed by atoms with Crippen molar-refractivity contribution in [2.24, 2.45) is 0 Å². The summed E-state index contributed by atoms with van der Waals surface area (Å²) in [5, 5.41) is 3.20. The van der Waals surface area contributed by atoms with Crippen LogP contribution in [0.3, 0.4) is 0 Å². The molecule has 0 saturated carbocycles. The average molecular weight is 287 g/mol. The summed E-state index contributed by atoms with van der Waals surface area (Å²) >= 11 is 0. The molecule has 0 heterocycles. The maximum atomic E-state index is 14.2. The lowest BCUT2D eigenvalue weighted by Crippen LogP contribution is -2.21. The second-order valence-electron chi connectivity index (χ2n) is 5.40. The van der Waals surface area contributed by atoms with E-state index in [0.29, 0.717) is 11.3 Å². The van der Waals surface area contributed by atoms with Gasteiger partial charge in [-0.15, -0.1) is 0 Å². The summed E-state index contributed by atoms with van der Waals surface area (Å²) in [5.74, 6) is 0.344. The van der Waals surface area contributed by atoms with Crippen LogP contribution in [0.5, 0.6) is 5.75 Å². The summed E-state index contributed by atoms with van der Waals surface area (Å²) in [7, 11) is 3.42. The molecule has 1 atom stereocenters. The number of hydrogen-bond acceptors (Lipinski definition) is 2. The molecule has 3 heteroatoms. The van der Waals surface area contributed by atoms with Gasteiger partial charge < -0.3 is 10.1 Å². The largest absolute Gasteiger partial charge is 0.496 e. The zero-order valence-corrected chi connectivity index (χ0v) is 13.0. The Bertz CT molecular complexity index is 604. The molecule has 0 radical (unpaired) electrons. The number of benzene rings is 2. The van der Waals surface area contributed by atoms with Gasteiger partial charge in [-0.1, -0.05) is 35.4 Å². The second-order valence-corrected chi connectivity index (χ2v) is 5.40. The van der Waals surface area contributed by atoms with E-state index in [2.05, 4.69) is 37.4 Å². The Morgan fingerprint density at radius 2 is 1.81 bits per heavy atom. The van der Waals surface area contributed by atoms with Gasteiger partial charge in [-0.25, -0.2) is 4.39 Å². The van der Waals surface area contributed by atoms with Gasteiger partial charge in [-0.05, 0) is 45.0 Å². The number of nitrogens with one attached hydrogen (secondary N) is 1. The topological polar surface area (TPSA) is 21.3 Å². The van der Waals surface area contributed by atoms with E-state index in [-0.39, 0.29) is 11.9 Å². The quantitative estimate of drug-likeness (QED) is 0.899. The first-order valence-corrected chi connectivity index (χ1v) is 7.12. The Balaban J connectivity index is 2.36. The van der Waals surface area contributed by atoms with Crippen molar-refractivity contribution in [3.63, 3.8) is 0 Å². The third-order valence-corrected chi connectivity index (χ3v) is 3.65. The Morgan fingerprint density at radius 1 is 1.14 bits per heavy atom. The molecular formula is C18H22FNO. The first kappa shape index (κ1) is 15.5. The molecule has 2 rings (SSSR count). The molecule has 1 N–H and O–H groups in total. The lowest BCUT2D eigenvalue weighted by atomic mass is 9.95. The van der Waals surface area contributed by atoms with Crippen molar-refractivity contribution in [1.29, 1.82) is 0 Å². The fourth-order valence-corrected chi connectivity index (χ4v) is 2.80. The molecule has 0 amide bonds. The summed E-state index contributed by atoms with van der Waals surface area (Å²) in [6, 6.07) is 11.2. The number of halogens is 1. The van der Waals surface area contributed by atoms with Crippen LogP contribution in [0.1, 0.15) is 28.3 Å². The number of hydrogen-bond donors (Lipinski definition) is 1. The first-order chi connectivity index (χ1) is 10.0. The molecule has 1 unspecified atom stereocenters. The van der Waals surface area contributed by atoms with Gasteiger partial charge in [0.05, 0.1) is 7.11 Å². The zero-order chi connectivity index (χ0) is 15.4. The van der Waals surface area contributed by atoms with E-state index in [4.69, 9.17) is 4.74 Å². The van der Waals surface area contributed by atoms with Crippen LogP contribution in [0.25, 0.3) is 0 Å². The van der Waals surface area contributed by atoms with E-state index in [1.54, 1.807) is 19.2 Å². The number of aryl methyl sites for hydroxylation is 2. The fourth-order valence-electron chi connectivity index (χ4n) is 2.80. The van der Waals surface area contributed by atoms with Crippen LogP contribution in [-0.4, -0.2) is 14.2 Å². The molecule has 0 spiro atoms. The Morgan fingerprint density at radius 3 is 2.38 bits per heavy atom. The predicted molar refractivity (Wildman–Crippen MR) is 84.4 cm³/mol. The molecule has 0 bridgehead atoms. The molecule has 0 aliphatic carbocycles. The van der Waals surface area contributed by atoms with E-state index in [1.807, 2.05) is 7.05 Å². The molecule has 0 fully saturated rings. The van der Waals surface area contributed by atoms with Gasteiger partial charge in [-0.3, -0.25) is 0 Å². The van der Waals surface area contributed by atoms with Crippen LogP contribution in [0, 0.1) is 19.7 Å². The van der Waals surface area contributed by atoms with Gasteiger partial charge in [0.1, 0.15) is 11.6 Å². The Labute approximate surface area is 126 Å². The fraction of sp³-hybridized carbons (Fsp3) is 0.333. The summed E-state index contributed by atoms with van der Waals surface area (Å²) < 4.78 is 19.5. The van der Waals surface area contributed by atoms with E-state index in [9.17, 15) is 4.39 Å². The van der Waals surface area contributed by atoms with Crippen molar-refractivity contribution < 1.29 is 9.13 Å². The highest BCUT2D eigenvalue weighted by atomic mass is 19.1. The number of likely N-dealkylation sites (N-methyl/N-ethyl adjacent to an activating group) is 1. The molecule has 0 aromatic heterocycles. The van der Waals surface area contributed by atoms with Crippen LogP contribution < -0.4 is 10.1 Å². The van der Waals surface area contributed by atoms with Crippen molar-refractivity contribution in [1.82, 2.24) is 5.32 Å². The maximum Gasteiger partial charge on any atom is 0.131 e. The Hall–Kier alpha value is -1.87. The van der Waals surface area contributed by atoms with E-state index in [1.165, 1.54) is 22.8 Å². The van der Waals surface area contributed by atoms with Gasteiger partial charge in [0.25, 0.3) is 0 Å². The van der Waals surface area contributed by atoms with Gasteiger partial charge in [0.2, 0.25) is 0 Å². The van der Waals surface area contributed by atoms with Crippen molar-refractivity contribution in [2.75, 3.05) is 14.2 Å². The van der Waals surface area contributed by atoms with Gasteiger partial charge in [-0.2, -0.15) is 0 Å². The highest BCUT2D eigenvalue weighted by Crippen LogP contribution is 2.30. The van der Waals surface area contributed by atoms with Gasteiger partial charge >= 0.3 is 0 Å². The molecular weight excluding hydrogens is 265 g/mol. The van der Waals surface area contributed by atoms with Crippen LogP contribution in [0.4, 0.5) is 4.39 Å². The monoisotopic (exact) mass is 287 g/mol. The molecule has 2 nitrogen and oxygen atoms in total. The zero-order valence-electron chi connectivity index (χ0n) is 13.0. The smallest absolute Gasteiger partial charge is 0.131 e. The van der Waals surface area contributed by atoms with E-state index >= 15 is 0 Å². The highest BCUT2D eigenvalue weighted by molar-refractivity contribution is 5.39. The number of rotatable bonds is 5. The third kappa shape index (κ3) is 3.61. The van der Waals surface area contributed by atoms with Crippen LogP contribution in [0.15, 0.2) is 36.4 Å². The third-order valence-electron chi connectivity index (χ3n) is 3.65. The van der Waals surface area contributed by atoms with Gasteiger partial charge in [0, 0.05) is 11.6 Å². The summed E-state index contributed by atoms with van der Waals surface area (Å²) in [4.78, 5) is 0. The van der Waals surface area contributed by atoms with Crippen LogP contribution in [0.2, 0.25) is 0 Å². The summed E-state index contributed by atoms with van der Waals surface area (Å²) in [5.41, 5.74) is 4.22. The molecule has 2 aromatic rings. The number of ether oxygens (including phenoxy) is 1. The minimum absolute atomic E-state index is 0.123. The van der Waals surface area contributed by atoms with Crippen LogP contribution >= 0.6 is 0 Å². The van der Waals surface area contributed by atoms with E-state index < -0.39 is 0 Å². The second kappa shape index (κ2) is 6.72. The number of methoxy groups -OCH3 is 1. The normalized spacial score (nSPS) is 12.2. The maximum absolute atomic E-state index is 14.2. The SMILES string of the molecule is CNC(Cc1cc(C)cc(C)c1)c1c(F)cccc1OC. The average Bonchev–Trinajstić information content (AvgIpc) is 2.44. The van der Waals surface area contributed by atoms with Crippen molar-refractivity contribution in [3.8, 4) is 5.75 Å². The molecule has 0 saturated heterocycles. The molecule has 21 heavy (non-hydrogen) atoms. The molecule has 112 valence electrons. The minimum Gasteiger partial charge on any atom is -0.496 e. The highest BCUT2D eigenvalue weighted by Gasteiger charge is 2.19. The Kier molecular flexibility index (Phi) is 4.97. The van der Waals surface area contributed by atoms with Crippen molar-refractivity contribution in [3.05, 3.63) is 64.5 Å². The summed E-state index contributed by atoms with van der Waals surface area (Å²) in [6.07, 6.45) is 0.719. The van der Waals surface area contributed by atoms with Crippen molar-refractivity contribution in [2.45, 2.75) is 26.3 Å². The van der Waals surface area contributed by atoms with Crippen LogP contribution in [-0.2, 0) is 6.42 Å². The van der Waals surface area contributed by atoms with Crippen molar-refractivity contribution >= 4 is 0 Å². The lowest BCUT2D eigenvalue weighted by Gasteiger charge is -2.20. The standard InChI is InChI=1S/C18H22FNO/c1-12-8-13(2)10-14(9-12)11-16(20-3)18-15(19)6-5-7-17(18)21-4/h5-10,16,20H,11H2,1-4H3. The summed E-state index contributed by atoms with van der Waals surface area (Å²) in [6.45, 7) is 4.16. The first-order valence-electron chi connectivity index (χ1n) is 7.12. The predicted octanol–water partition coefficient (Wildman–Crippen LogP) is 3.95.